The molecule has 0 bridgehead atoms. The van der Waals surface area contributed by atoms with E-state index in [1.807, 2.05) is 60.7 Å². The van der Waals surface area contributed by atoms with Crippen LogP contribution in [0.1, 0.15) is 40.0 Å². The minimum Gasteiger partial charge on any atom is -0.496 e. The minimum absolute atomic E-state index is 0.0962. The quantitative estimate of drug-likeness (QED) is 0.269. The molecule has 2 aliphatic rings. The molecule has 6 heteroatoms. The van der Waals surface area contributed by atoms with E-state index in [4.69, 9.17) is 14.2 Å². The second-order valence-corrected chi connectivity index (χ2v) is 10.3. The molecule has 1 N–H and O–H groups in total. The Morgan fingerprint density at radius 2 is 1.05 bits per heavy atom. The van der Waals surface area contributed by atoms with Gasteiger partial charge in [-0.1, -0.05) is 84.9 Å². The van der Waals surface area contributed by atoms with Crippen molar-refractivity contribution in [2.45, 2.75) is 17.8 Å². The van der Waals surface area contributed by atoms with Gasteiger partial charge in [0.25, 0.3) is 0 Å². The summed E-state index contributed by atoms with van der Waals surface area (Å²) in [5, 5.41) is 10.4. The van der Waals surface area contributed by atoms with Crippen molar-refractivity contribution < 1.29 is 28.9 Å². The number of para-hydroxylation sites is 2. The SMILES string of the molecule is COc1ccccc1[C@H]1C(C(=O)O)[C@H](c2ccccc2OC)C1C(=O)OCC1c2ccccc2-c2ccccc21. The van der Waals surface area contributed by atoms with E-state index in [2.05, 4.69) is 24.3 Å². The third-order valence-corrected chi connectivity index (χ3v) is 8.46. The van der Waals surface area contributed by atoms with Gasteiger partial charge < -0.3 is 19.3 Å². The van der Waals surface area contributed by atoms with Gasteiger partial charge in [0.15, 0.2) is 0 Å². The van der Waals surface area contributed by atoms with Gasteiger partial charge in [0, 0.05) is 17.8 Å². The second-order valence-electron chi connectivity index (χ2n) is 10.3. The van der Waals surface area contributed by atoms with Gasteiger partial charge in [-0.3, -0.25) is 9.59 Å². The first-order valence-electron chi connectivity index (χ1n) is 13.4. The predicted octanol–water partition coefficient (Wildman–Crippen LogP) is 6.26. The fourth-order valence-electron chi connectivity index (χ4n) is 6.71. The van der Waals surface area contributed by atoms with Crippen LogP contribution in [0.15, 0.2) is 97.1 Å². The average molecular weight is 535 g/mol. The van der Waals surface area contributed by atoms with Crippen LogP contribution >= 0.6 is 0 Å². The highest BCUT2D eigenvalue weighted by Crippen LogP contribution is 2.60. The van der Waals surface area contributed by atoms with Gasteiger partial charge in [0.05, 0.1) is 26.1 Å². The highest BCUT2D eigenvalue weighted by atomic mass is 16.5. The summed E-state index contributed by atoms with van der Waals surface area (Å²) >= 11 is 0. The minimum atomic E-state index is -0.977. The molecule has 40 heavy (non-hydrogen) atoms. The summed E-state index contributed by atoms with van der Waals surface area (Å²) < 4.78 is 17.3. The van der Waals surface area contributed by atoms with Crippen LogP contribution < -0.4 is 9.47 Å². The second kappa shape index (κ2) is 10.5. The average Bonchev–Trinajstić information content (AvgIpc) is 3.29. The number of ether oxygens (including phenoxy) is 3. The number of fused-ring (bicyclic) bond motifs is 3. The molecule has 0 heterocycles. The van der Waals surface area contributed by atoms with E-state index >= 15 is 0 Å². The van der Waals surface area contributed by atoms with E-state index in [-0.39, 0.29) is 12.5 Å². The van der Waals surface area contributed by atoms with Gasteiger partial charge in [0.2, 0.25) is 0 Å². The summed E-state index contributed by atoms with van der Waals surface area (Å²) in [5.41, 5.74) is 5.90. The lowest BCUT2D eigenvalue weighted by Gasteiger charge is -2.49. The fourth-order valence-corrected chi connectivity index (χ4v) is 6.71. The van der Waals surface area contributed by atoms with Crippen LogP contribution in [0.4, 0.5) is 0 Å². The highest BCUT2D eigenvalue weighted by Gasteiger charge is 2.60. The lowest BCUT2D eigenvalue weighted by molar-refractivity contribution is -0.164. The van der Waals surface area contributed by atoms with E-state index in [1.54, 1.807) is 26.4 Å². The zero-order chi connectivity index (χ0) is 27.8. The Morgan fingerprint density at radius 1 is 0.625 bits per heavy atom. The number of carbonyl (C=O) groups is 2. The lowest BCUT2D eigenvalue weighted by atomic mass is 9.52. The lowest BCUT2D eigenvalue weighted by Crippen LogP contribution is -2.51. The molecule has 0 aromatic heterocycles. The molecule has 2 aliphatic carbocycles. The number of rotatable bonds is 8. The Morgan fingerprint density at radius 3 is 1.50 bits per heavy atom. The molecule has 0 amide bonds. The summed E-state index contributed by atoms with van der Waals surface area (Å²) in [6.45, 7) is 0.165. The Bertz CT molecular complexity index is 1480. The van der Waals surface area contributed by atoms with Crippen molar-refractivity contribution in [1.82, 2.24) is 0 Å². The molecule has 4 aromatic rings. The Kier molecular flexibility index (Phi) is 6.76. The summed E-state index contributed by atoms with van der Waals surface area (Å²) in [5.74, 6) is -3.25. The molecule has 0 saturated heterocycles. The van der Waals surface area contributed by atoms with E-state index in [1.165, 1.54) is 0 Å². The standard InChI is InChI=1S/C34H30O6/c1-38-27-17-9-7-15-24(27)29-31(33(35)36)30(25-16-8-10-18-28(25)39-2)32(29)34(37)40-19-26-22-13-5-3-11-20(22)21-12-4-6-14-23(21)26/h3-18,26,29-32H,19H2,1-2H3,(H,35,36)/t29-,30-,31?,32?/m0/s1. The zero-order valence-electron chi connectivity index (χ0n) is 22.3. The number of carboxylic acids is 1. The van der Waals surface area contributed by atoms with E-state index < -0.39 is 35.6 Å². The molecule has 2 atom stereocenters. The van der Waals surface area contributed by atoms with Crippen molar-refractivity contribution >= 4 is 11.9 Å². The molecule has 1 saturated carbocycles. The molecule has 0 unspecified atom stereocenters. The predicted molar refractivity (Wildman–Crippen MR) is 151 cm³/mol. The van der Waals surface area contributed by atoms with Crippen LogP contribution in [0.3, 0.4) is 0 Å². The third-order valence-electron chi connectivity index (χ3n) is 8.46. The molecular weight excluding hydrogens is 504 g/mol. The number of esters is 1. The number of carboxylic acid groups (broad SMARTS) is 1. The Hall–Kier alpha value is -4.58. The van der Waals surface area contributed by atoms with E-state index in [0.717, 1.165) is 22.3 Å². The fraction of sp³-hybridized carbons (Fsp3) is 0.235. The molecule has 4 aromatic carbocycles. The first-order valence-corrected chi connectivity index (χ1v) is 13.4. The molecule has 0 spiro atoms. The van der Waals surface area contributed by atoms with Crippen molar-refractivity contribution in [3.05, 3.63) is 119 Å². The van der Waals surface area contributed by atoms with Crippen molar-refractivity contribution in [2.75, 3.05) is 20.8 Å². The van der Waals surface area contributed by atoms with Crippen LogP contribution in [0, 0.1) is 11.8 Å². The summed E-state index contributed by atoms with van der Waals surface area (Å²) in [4.78, 5) is 26.8. The van der Waals surface area contributed by atoms with Crippen molar-refractivity contribution in [3.63, 3.8) is 0 Å². The van der Waals surface area contributed by atoms with Crippen molar-refractivity contribution in [1.29, 1.82) is 0 Å². The van der Waals surface area contributed by atoms with Crippen LogP contribution in [0.5, 0.6) is 11.5 Å². The van der Waals surface area contributed by atoms with Crippen LogP contribution in [0.2, 0.25) is 0 Å². The maximum Gasteiger partial charge on any atom is 0.310 e. The first-order chi connectivity index (χ1) is 19.5. The van der Waals surface area contributed by atoms with Gasteiger partial charge in [-0.05, 0) is 45.5 Å². The van der Waals surface area contributed by atoms with Gasteiger partial charge in [-0.15, -0.1) is 0 Å². The normalized spacial score (nSPS) is 21.1. The maximum absolute atomic E-state index is 14.0. The number of hydrogen-bond acceptors (Lipinski definition) is 5. The van der Waals surface area contributed by atoms with Gasteiger partial charge in [-0.2, -0.15) is 0 Å². The largest absolute Gasteiger partial charge is 0.496 e. The number of methoxy groups -OCH3 is 2. The number of hydrogen-bond donors (Lipinski definition) is 1. The van der Waals surface area contributed by atoms with E-state index in [9.17, 15) is 14.7 Å². The third kappa shape index (κ3) is 4.11. The van der Waals surface area contributed by atoms with Crippen LogP contribution in [0.25, 0.3) is 11.1 Å². The zero-order valence-corrected chi connectivity index (χ0v) is 22.3. The molecule has 0 aliphatic heterocycles. The number of benzene rings is 4. The molecule has 202 valence electrons. The van der Waals surface area contributed by atoms with Crippen molar-refractivity contribution in [3.8, 4) is 22.6 Å². The maximum atomic E-state index is 14.0. The summed E-state index contributed by atoms with van der Waals surface area (Å²) in [7, 11) is 3.10. The highest BCUT2D eigenvalue weighted by molar-refractivity contribution is 5.85. The summed E-state index contributed by atoms with van der Waals surface area (Å²) in [6, 6.07) is 30.9. The first kappa shape index (κ1) is 25.7. The number of aliphatic carboxylic acids is 1. The van der Waals surface area contributed by atoms with Crippen LogP contribution in [-0.2, 0) is 14.3 Å². The molecule has 0 radical (unpaired) electrons. The van der Waals surface area contributed by atoms with Crippen molar-refractivity contribution in [2.24, 2.45) is 11.8 Å². The molecule has 1 fully saturated rings. The Labute approximate surface area is 233 Å². The van der Waals surface area contributed by atoms with Gasteiger partial charge in [-0.25, -0.2) is 0 Å². The van der Waals surface area contributed by atoms with Gasteiger partial charge in [0.1, 0.15) is 18.1 Å². The summed E-state index contributed by atoms with van der Waals surface area (Å²) in [6.07, 6.45) is 0. The monoisotopic (exact) mass is 534 g/mol. The molecule has 6 rings (SSSR count). The number of carbonyl (C=O) groups excluding carboxylic acids is 1. The smallest absolute Gasteiger partial charge is 0.310 e. The molecule has 6 nitrogen and oxygen atoms in total. The van der Waals surface area contributed by atoms with Gasteiger partial charge >= 0.3 is 11.9 Å². The molecular formula is C34H30O6. The topological polar surface area (TPSA) is 82.1 Å². The van der Waals surface area contributed by atoms with E-state index in [0.29, 0.717) is 22.6 Å². The van der Waals surface area contributed by atoms with Crippen LogP contribution in [-0.4, -0.2) is 37.9 Å². The Balaban J connectivity index is 1.37.